The van der Waals surface area contributed by atoms with Gasteiger partial charge in [-0.05, 0) is 34.7 Å². The number of fused-ring (bicyclic) bond motifs is 4. The molecule has 0 radical (unpaired) electrons. The van der Waals surface area contributed by atoms with E-state index in [2.05, 4.69) is 16.0 Å². The number of amides is 4. The highest BCUT2D eigenvalue weighted by molar-refractivity contribution is 6.04. The third-order valence-corrected chi connectivity index (χ3v) is 6.41. The molecule has 3 N–H and O–H groups in total. The summed E-state index contributed by atoms with van der Waals surface area (Å²) in [5, 5.41) is 7.72. The van der Waals surface area contributed by atoms with Crippen molar-refractivity contribution in [2.45, 2.75) is 32.9 Å². The van der Waals surface area contributed by atoms with Gasteiger partial charge in [-0.25, -0.2) is 9.59 Å². The predicted molar refractivity (Wildman–Crippen MR) is 147 cm³/mol. The van der Waals surface area contributed by atoms with E-state index in [0.717, 1.165) is 12.0 Å². The number of likely N-dealkylation sites (N-methyl/N-ethyl adjacent to an activating group) is 1. The highest BCUT2D eigenvalue weighted by atomic mass is 16.5. The van der Waals surface area contributed by atoms with Gasteiger partial charge in [-0.1, -0.05) is 51.1 Å². The zero-order valence-corrected chi connectivity index (χ0v) is 23.6. The second-order valence-corrected chi connectivity index (χ2v) is 10.6. The average Bonchev–Trinajstić information content (AvgIpc) is 2.94. The van der Waals surface area contributed by atoms with Crippen molar-refractivity contribution in [1.29, 1.82) is 0 Å². The van der Waals surface area contributed by atoms with E-state index in [1.165, 1.54) is 19.2 Å². The fourth-order valence-corrected chi connectivity index (χ4v) is 4.13. The van der Waals surface area contributed by atoms with Crippen molar-refractivity contribution in [2.24, 2.45) is 5.41 Å². The molecule has 2 aromatic carbocycles. The Morgan fingerprint density at radius 1 is 0.951 bits per heavy atom. The van der Waals surface area contributed by atoms with Crippen molar-refractivity contribution < 1.29 is 38.2 Å². The molecule has 4 amide bonds. The van der Waals surface area contributed by atoms with Crippen LogP contribution in [-0.4, -0.2) is 86.4 Å². The van der Waals surface area contributed by atoms with E-state index in [1.54, 1.807) is 57.2 Å². The molecular weight excluding hydrogens is 532 g/mol. The molecule has 2 atom stereocenters. The third kappa shape index (κ3) is 7.90. The van der Waals surface area contributed by atoms with Crippen LogP contribution in [0.3, 0.4) is 0 Å². The van der Waals surface area contributed by atoms with Gasteiger partial charge in [-0.2, -0.15) is 0 Å². The Balaban J connectivity index is 2.04. The summed E-state index contributed by atoms with van der Waals surface area (Å²) in [5.41, 5.74) is 0.701. The number of carbonyl (C=O) groups is 6. The normalized spacial score (nSPS) is 19.6. The van der Waals surface area contributed by atoms with Crippen LogP contribution in [0.4, 0.5) is 0 Å². The zero-order chi connectivity index (χ0) is 30.3. The van der Waals surface area contributed by atoms with Crippen LogP contribution in [0, 0.1) is 5.41 Å². The summed E-state index contributed by atoms with van der Waals surface area (Å²) in [6.07, 6.45) is 0. The lowest BCUT2D eigenvalue weighted by Gasteiger charge is -2.31. The van der Waals surface area contributed by atoms with Gasteiger partial charge in [0.05, 0.1) is 25.8 Å². The smallest absolute Gasteiger partial charge is 0.338 e. The number of esters is 2. The van der Waals surface area contributed by atoms with Crippen molar-refractivity contribution in [2.75, 3.05) is 33.9 Å². The minimum Gasteiger partial charge on any atom is -0.467 e. The van der Waals surface area contributed by atoms with Crippen LogP contribution < -0.4 is 16.0 Å². The lowest BCUT2D eigenvalue weighted by molar-refractivity contribution is -0.146. The maximum atomic E-state index is 13.5. The first-order valence-corrected chi connectivity index (χ1v) is 12.9. The molecule has 1 aliphatic heterocycles. The van der Waals surface area contributed by atoms with Crippen LogP contribution in [-0.2, 0) is 28.7 Å². The average molecular weight is 567 g/mol. The van der Waals surface area contributed by atoms with Gasteiger partial charge in [0.25, 0.3) is 5.91 Å². The van der Waals surface area contributed by atoms with Crippen LogP contribution in [0.25, 0.3) is 11.1 Å². The summed E-state index contributed by atoms with van der Waals surface area (Å²) in [6, 6.07) is 10.7. The van der Waals surface area contributed by atoms with E-state index in [0.29, 0.717) is 11.1 Å². The van der Waals surface area contributed by atoms with Crippen LogP contribution >= 0.6 is 0 Å². The van der Waals surface area contributed by atoms with Crippen molar-refractivity contribution >= 4 is 35.6 Å². The van der Waals surface area contributed by atoms with Crippen molar-refractivity contribution in [3.05, 3.63) is 59.7 Å². The van der Waals surface area contributed by atoms with Crippen LogP contribution in [0.2, 0.25) is 0 Å². The lowest BCUT2D eigenvalue weighted by atomic mass is 9.85. The maximum Gasteiger partial charge on any atom is 0.338 e. The molecule has 1 aliphatic rings. The van der Waals surface area contributed by atoms with E-state index in [1.807, 2.05) is 0 Å². The second kappa shape index (κ2) is 13.1. The van der Waals surface area contributed by atoms with Crippen molar-refractivity contribution in [1.82, 2.24) is 20.9 Å². The fraction of sp³-hybridized carbons (Fsp3) is 0.379. The molecule has 0 fully saturated rings. The Morgan fingerprint density at radius 2 is 1.61 bits per heavy atom. The summed E-state index contributed by atoms with van der Waals surface area (Å²) in [4.78, 5) is 78.1. The number of nitrogens with one attached hydrogen (secondary N) is 3. The molecule has 0 aliphatic carbocycles. The van der Waals surface area contributed by atoms with Gasteiger partial charge < -0.3 is 30.3 Å². The molecule has 2 aromatic rings. The third-order valence-electron chi connectivity index (χ3n) is 6.41. The number of hydrogen-bond donors (Lipinski definition) is 3. The van der Waals surface area contributed by atoms with Gasteiger partial charge >= 0.3 is 11.9 Å². The van der Waals surface area contributed by atoms with Gasteiger partial charge in [-0.15, -0.1) is 0 Å². The van der Waals surface area contributed by atoms with E-state index in [4.69, 9.17) is 9.47 Å². The summed E-state index contributed by atoms with van der Waals surface area (Å²) >= 11 is 0. The number of rotatable bonds is 1. The standard InChI is InChI=1S/C29H34N4O8/c1-29(2,3)24-26(37)30-14-23(35)33(4)15-22(34)31-21(28(39)40-5)16-41-27(38)18-10-8-9-17(13-18)19-11-6-7-12-20(19)25(36)32-24/h6-13,21,24H,14-16H2,1-5H3,(H,30,37)(H,31,34)(H,32,36)/t21-,24+/m0/s1. The summed E-state index contributed by atoms with van der Waals surface area (Å²) in [6.45, 7) is 3.90. The van der Waals surface area contributed by atoms with Gasteiger partial charge in [0, 0.05) is 12.6 Å². The number of cyclic esters (lactones) is 1. The minimum atomic E-state index is -1.33. The Labute approximate surface area is 237 Å². The zero-order valence-electron chi connectivity index (χ0n) is 23.6. The van der Waals surface area contributed by atoms with Gasteiger partial charge in [0.1, 0.15) is 12.6 Å². The molecule has 12 nitrogen and oxygen atoms in total. The molecule has 3 rings (SSSR count). The molecule has 2 bridgehead atoms. The summed E-state index contributed by atoms with van der Waals surface area (Å²) in [5.74, 6) is -4.05. The molecular formula is C29H34N4O8. The molecule has 0 aromatic heterocycles. The molecule has 218 valence electrons. The lowest BCUT2D eigenvalue weighted by Crippen LogP contribution is -2.55. The quantitative estimate of drug-likeness (QED) is 0.429. The highest BCUT2D eigenvalue weighted by Gasteiger charge is 2.34. The highest BCUT2D eigenvalue weighted by Crippen LogP contribution is 2.26. The van der Waals surface area contributed by atoms with Crippen LogP contribution in [0.1, 0.15) is 41.5 Å². The molecule has 41 heavy (non-hydrogen) atoms. The largest absolute Gasteiger partial charge is 0.467 e. The van der Waals surface area contributed by atoms with Gasteiger partial charge in [0.2, 0.25) is 17.7 Å². The topological polar surface area (TPSA) is 160 Å². The molecule has 0 spiro atoms. The Bertz CT molecular complexity index is 1350. The van der Waals surface area contributed by atoms with E-state index in [-0.39, 0.29) is 11.1 Å². The van der Waals surface area contributed by atoms with E-state index in [9.17, 15) is 28.8 Å². The first-order valence-electron chi connectivity index (χ1n) is 12.9. The monoisotopic (exact) mass is 566 g/mol. The molecule has 0 saturated carbocycles. The Hall–Kier alpha value is -4.74. The second-order valence-electron chi connectivity index (χ2n) is 10.6. The number of ether oxygens (including phenoxy) is 2. The van der Waals surface area contributed by atoms with Crippen molar-refractivity contribution in [3.63, 3.8) is 0 Å². The number of carbonyl (C=O) groups excluding carboxylic acids is 6. The number of hydrogen-bond acceptors (Lipinski definition) is 8. The molecule has 0 saturated heterocycles. The minimum absolute atomic E-state index is 0.138. The Morgan fingerprint density at radius 3 is 2.27 bits per heavy atom. The van der Waals surface area contributed by atoms with Crippen LogP contribution in [0.5, 0.6) is 0 Å². The molecule has 0 unspecified atom stereocenters. The summed E-state index contributed by atoms with van der Waals surface area (Å²) in [7, 11) is 2.47. The molecule has 12 heteroatoms. The Kier molecular flexibility index (Phi) is 9.82. The van der Waals surface area contributed by atoms with E-state index < -0.39 is 72.8 Å². The first-order chi connectivity index (χ1) is 19.3. The predicted octanol–water partition coefficient (Wildman–Crippen LogP) is 0.901. The molecule has 1 heterocycles. The SMILES string of the molecule is COC(=O)[C@@H]1COC(=O)c2cccc(c2)-c2ccccc2C(=O)N[C@@H](C(C)(C)C)C(=O)NCC(=O)N(C)CC(=O)N1. The fourth-order valence-electron chi connectivity index (χ4n) is 4.13. The van der Waals surface area contributed by atoms with Crippen molar-refractivity contribution in [3.8, 4) is 11.1 Å². The van der Waals surface area contributed by atoms with Crippen LogP contribution in [0.15, 0.2) is 48.5 Å². The van der Waals surface area contributed by atoms with Gasteiger partial charge in [0.15, 0.2) is 6.04 Å². The number of nitrogens with zero attached hydrogens (tertiary/aromatic N) is 1. The van der Waals surface area contributed by atoms with Gasteiger partial charge in [-0.3, -0.25) is 19.2 Å². The first kappa shape index (κ1) is 30.8. The summed E-state index contributed by atoms with van der Waals surface area (Å²) < 4.78 is 10.0. The number of methoxy groups -OCH3 is 1. The maximum absolute atomic E-state index is 13.5. The number of benzene rings is 2. The van der Waals surface area contributed by atoms with E-state index >= 15 is 0 Å².